The van der Waals surface area contributed by atoms with Crippen LogP contribution in [-0.2, 0) is 5.54 Å². The van der Waals surface area contributed by atoms with E-state index in [1.807, 2.05) is 32.9 Å². The van der Waals surface area contributed by atoms with E-state index in [1.54, 1.807) is 7.11 Å². The third-order valence-electron chi connectivity index (χ3n) is 2.19. The molecule has 14 heavy (non-hydrogen) atoms. The fraction of sp³-hybridized carbons (Fsp3) is 0.455. The summed E-state index contributed by atoms with van der Waals surface area (Å²) in [6.45, 7) is 5.92. The molecule has 0 saturated heterocycles. The number of rotatable bonds is 2. The molecule has 0 heterocycles. The molecule has 0 spiro atoms. The molecule has 0 atom stereocenters. The summed E-state index contributed by atoms with van der Waals surface area (Å²) in [6.07, 6.45) is 0. The van der Waals surface area contributed by atoms with Crippen molar-refractivity contribution in [2.24, 2.45) is 5.73 Å². The second-order valence-electron chi connectivity index (χ2n) is 4.02. The van der Waals surface area contributed by atoms with Gasteiger partial charge >= 0.3 is 0 Å². The molecule has 0 aliphatic carbocycles. The van der Waals surface area contributed by atoms with Crippen LogP contribution in [0, 0.1) is 6.92 Å². The Bertz CT molecular complexity index is 342. The Labute approximate surface area is 90.0 Å². The molecule has 2 N–H and O–H groups in total. The highest BCUT2D eigenvalue weighted by Gasteiger charge is 2.18. The summed E-state index contributed by atoms with van der Waals surface area (Å²) < 4.78 is 5.15. The van der Waals surface area contributed by atoms with Crippen LogP contribution in [0.4, 0.5) is 0 Å². The second kappa shape index (κ2) is 3.79. The average molecular weight is 214 g/mol. The Hall–Kier alpha value is -0.730. The van der Waals surface area contributed by atoms with Crippen LogP contribution in [0.15, 0.2) is 12.1 Å². The first kappa shape index (κ1) is 11.3. The van der Waals surface area contributed by atoms with E-state index in [4.69, 9.17) is 22.1 Å². The molecule has 3 heteroatoms. The molecular formula is C11H16ClNO. The molecule has 2 nitrogen and oxygen atoms in total. The maximum atomic E-state index is 6.03. The average Bonchev–Trinajstić information content (AvgIpc) is 2.02. The minimum atomic E-state index is -0.373. The van der Waals surface area contributed by atoms with Crippen LogP contribution in [0.2, 0.25) is 5.02 Å². The van der Waals surface area contributed by atoms with E-state index >= 15 is 0 Å². The van der Waals surface area contributed by atoms with Crippen LogP contribution >= 0.6 is 11.6 Å². The van der Waals surface area contributed by atoms with Crippen molar-refractivity contribution in [3.63, 3.8) is 0 Å². The van der Waals surface area contributed by atoms with Crippen molar-refractivity contribution in [3.05, 3.63) is 28.3 Å². The highest BCUT2D eigenvalue weighted by molar-refractivity contribution is 6.32. The van der Waals surface area contributed by atoms with E-state index in [-0.39, 0.29) is 5.54 Å². The minimum Gasteiger partial charge on any atom is -0.495 e. The first-order valence-electron chi connectivity index (χ1n) is 4.49. The summed E-state index contributed by atoms with van der Waals surface area (Å²) in [7, 11) is 1.60. The van der Waals surface area contributed by atoms with Crippen molar-refractivity contribution >= 4 is 11.6 Å². The third kappa shape index (κ3) is 2.20. The van der Waals surface area contributed by atoms with Crippen molar-refractivity contribution in [1.82, 2.24) is 0 Å². The third-order valence-corrected chi connectivity index (χ3v) is 2.49. The summed E-state index contributed by atoms with van der Waals surface area (Å²) in [5, 5.41) is 0.623. The smallest absolute Gasteiger partial charge is 0.137 e. The summed E-state index contributed by atoms with van der Waals surface area (Å²) in [4.78, 5) is 0. The van der Waals surface area contributed by atoms with Crippen molar-refractivity contribution in [2.75, 3.05) is 7.11 Å². The van der Waals surface area contributed by atoms with Gasteiger partial charge in [0.1, 0.15) is 5.75 Å². The summed E-state index contributed by atoms with van der Waals surface area (Å²) >= 11 is 5.99. The van der Waals surface area contributed by atoms with E-state index < -0.39 is 0 Å². The van der Waals surface area contributed by atoms with Crippen molar-refractivity contribution in [3.8, 4) is 5.75 Å². The highest BCUT2D eigenvalue weighted by atomic mass is 35.5. The standard InChI is InChI=1S/C11H16ClNO/c1-7-5-9(12)10(14-4)6-8(7)11(2,3)13/h5-6H,13H2,1-4H3. The maximum Gasteiger partial charge on any atom is 0.137 e. The number of ether oxygens (including phenoxy) is 1. The number of nitrogens with two attached hydrogens (primary N) is 1. The fourth-order valence-corrected chi connectivity index (χ4v) is 1.80. The second-order valence-corrected chi connectivity index (χ2v) is 4.43. The molecule has 0 saturated carbocycles. The molecule has 0 aliphatic rings. The zero-order chi connectivity index (χ0) is 10.9. The molecule has 0 radical (unpaired) electrons. The quantitative estimate of drug-likeness (QED) is 0.820. The Balaban J connectivity index is 3.32. The van der Waals surface area contributed by atoms with Gasteiger partial charge in [-0.1, -0.05) is 11.6 Å². The van der Waals surface area contributed by atoms with Crippen molar-refractivity contribution in [2.45, 2.75) is 26.3 Å². The molecule has 0 aliphatic heterocycles. The Morgan fingerprint density at radius 2 is 1.93 bits per heavy atom. The lowest BCUT2D eigenvalue weighted by atomic mass is 9.91. The largest absolute Gasteiger partial charge is 0.495 e. The van der Waals surface area contributed by atoms with Crippen LogP contribution in [-0.4, -0.2) is 7.11 Å². The first-order valence-corrected chi connectivity index (χ1v) is 4.87. The number of aryl methyl sites for hydroxylation is 1. The molecule has 78 valence electrons. The lowest BCUT2D eigenvalue weighted by Gasteiger charge is -2.22. The lowest BCUT2D eigenvalue weighted by molar-refractivity contribution is 0.412. The van der Waals surface area contributed by atoms with Gasteiger partial charge in [0.05, 0.1) is 12.1 Å². The molecule has 0 aromatic heterocycles. The number of hydrogen-bond donors (Lipinski definition) is 1. The Morgan fingerprint density at radius 1 is 1.36 bits per heavy atom. The molecular weight excluding hydrogens is 198 g/mol. The van der Waals surface area contributed by atoms with Gasteiger partial charge in [-0.25, -0.2) is 0 Å². The van der Waals surface area contributed by atoms with Crippen molar-refractivity contribution < 1.29 is 4.74 Å². The van der Waals surface area contributed by atoms with Gasteiger partial charge in [0.15, 0.2) is 0 Å². The van der Waals surface area contributed by atoms with E-state index in [9.17, 15) is 0 Å². The molecule has 0 amide bonds. The summed E-state index contributed by atoms with van der Waals surface area (Å²) in [5.41, 5.74) is 7.80. The number of hydrogen-bond acceptors (Lipinski definition) is 2. The predicted octanol–water partition coefficient (Wildman–Crippen LogP) is 2.85. The molecule has 0 bridgehead atoms. The minimum absolute atomic E-state index is 0.373. The SMILES string of the molecule is COc1cc(C(C)(C)N)c(C)cc1Cl. The van der Waals surface area contributed by atoms with Crippen LogP contribution in [0.1, 0.15) is 25.0 Å². The van der Waals surface area contributed by atoms with Gasteiger partial charge in [-0.2, -0.15) is 0 Å². The number of benzene rings is 1. The van der Waals surface area contributed by atoms with Gasteiger partial charge in [0, 0.05) is 5.54 Å². The molecule has 1 aromatic carbocycles. The zero-order valence-electron chi connectivity index (χ0n) is 9.02. The first-order chi connectivity index (χ1) is 6.36. The summed E-state index contributed by atoms with van der Waals surface area (Å²) in [5.74, 6) is 0.672. The molecule has 0 fully saturated rings. The lowest BCUT2D eigenvalue weighted by Crippen LogP contribution is -2.29. The topological polar surface area (TPSA) is 35.2 Å². The van der Waals surface area contributed by atoms with Gasteiger partial charge in [-0.05, 0) is 44.0 Å². The van der Waals surface area contributed by atoms with Crippen LogP contribution in [0.25, 0.3) is 0 Å². The Morgan fingerprint density at radius 3 is 2.36 bits per heavy atom. The van der Waals surface area contributed by atoms with Gasteiger partial charge in [-0.15, -0.1) is 0 Å². The fourth-order valence-electron chi connectivity index (χ4n) is 1.50. The van der Waals surface area contributed by atoms with E-state index in [2.05, 4.69) is 0 Å². The van der Waals surface area contributed by atoms with Gasteiger partial charge < -0.3 is 10.5 Å². The normalized spacial score (nSPS) is 11.6. The van der Waals surface area contributed by atoms with Gasteiger partial charge in [0.25, 0.3) is 0 Å². The highest BCUT2D eigenvalue weighted by Crippen LogP contribution is 2.31. The van der Waals surface area contributed by atoms with Crippen molar-refractivity contribution in [1.29, 1.82) is 0 Å². The van der Waals surface area contributed by atoms with E-state index in [0.717, 1.165) is 11.1 Å². The van der Waals surface area contributed by atoms with E-state index in [1.165, 1.54) is 0 Å². The Kier molecular flexibility index (Phi) is 3.07. The predicted molar refractivity (Wildman–Crippen MR) is 60.0 cm³/mol. The van der Waals surface area contributed by atoms with Crippen LogP contribution in [0.3, 0.4) is 0 Å². The monoisotopic (exact) mass is 213 g/mol. The maximum absolute atomic E-state index is 6.03. The molecule has 1 aromatic rings. The number of halogens is 1. The number of methoxy groups -OCH3 is 1. The van der Waals surface area contributed by atoms with Crippen LogP contribution in [0.5, 0.6) is 5.75 Å². The van der Waals surface area contributed by atoms with Gasteiger partial charge in [0.2, 0.25) is 0 Å². The molecule has 0 unspecified atom stereocenters. The van der Waals surface area contributed by atoms with Crippen LogP contribution < -0.4 is 10.5 Å². The van der Waals surface area contributed by atoms with Gasteiger partial charge in [-0.3, -0.25) is 0 Å². The zero-order valence-corrected chi connectivity index (χ0v) is 9.77. The summed E-state index contributed by atoms with van der Waals surface area (Å²) in [6, 6.07) is 3.78. The molecule has 1 rings (SSSR count). The van der Waals surface area contributed by atoms with E-state index in [0.29, 0.717) is 10.8 Å².